The standard InChI is InChI=1S/C19H26N2O5/c1-12(2)10-14(17(23)24)21-16(22)11-20-18(25)19(8-9-19)13-6-4-5-7-15(13)26-3/h4-7,12,14H,8-11H2,1-3H3,(H,20,25)(H,21,22)(H,23,24)/t14-/m0/s1. The summed E-state index contributed by atoms with van der Waals surface area (Å²) in [5.74, 6) is -1.06. The van der Waals surface area contributed by atoms with Gasteiger partial charge >= 0.3 is 5.97 Å². The highest BCUT2D eigenvalue weighted by molar-refractivity contribution is 5.95. The Morgan fingerprint density at radius 3 is 2.42 bits per heavy atom. The number of carboxylic acids is 1. The predicted octanol–water partition coefficient (Wildman–Crippen LogP) is 1.46. The summed E-state index contributed by atoms with van der Waals surface area (Å²) >= 11 is 0. The van der Waals surface area contributed by atoms with Crippen molar-refractivity contribution in [3.05, 3.63) is 29.8 Å². The third-order valence-corrected chi connectivity index (χ3v) is 4.56. The van der Waals surface area contributed by atoms with Crippen molar-refractivity contribution in [3.8, 4) is 5.75 Å². The van der Waals surface area contributed by atoms with Gasteiger partial charge in [0, 0.05) is 5.56 Å². The minimum atomic E-state index is -1.08. The van der Waals surface area contributed by atoms with E-state index in [0.717, 1.165) is 5.56 Å². The second kappa shape index (κ2) is 8.21. The Bertz CT molecular complexity index is 682. The van der Waals surface area contributed by atoms with E-state index in [1.54, 1.807) is 13.2 Å². The topological polar surface area (TPSA) is 105 Å². The van der Waals surface area contributed by atoms with Crippen LogP contribution in [0.5, 0.6) is 5.75 Å². The summed E-state index contributed by atoms with van der Waals surface area (Å²) < 4.78 is 5.34. The number of carbonyl (C=O) groups excluding carboxylic acids is 2. The van der Waals surface area contributed by atoms with Crippen molar-refractivity contribution < 1.29 is 24.2 Å². The first-order chi connectivity index (χ1) is 12.3. The summed E-state index contributed by atoms with van der Waals surface area (Å²) in [5, 5.41) is 14.3. The second-order valence-corrected chi connectivity index (χ2v) is 7.05. The van der Waals surface area contributed by atoms with E-state index in [9.17, 15) is 19.5 Å². The number of nitrogens with one attached hydrogen (secondary N) is 2. The number of hydrogen-bond donors (Lipinski definition) is 3. The van der Waals surface area contributed by atoms with Crippen LogP contribution in [-0.2, 0) is 19.8 Å². The quantitative estimate of drug-likeness (QED) is 0.617. The highest BCUT2D eigenvalue weighted by Crippen LogP contribution is 2.51. The molecule has 1 aromatic rings. The molecule has 1 aliphatic rings. The molecule has 1 saturated carbocycles. The molecule has 142 valence electrons. The van der Waals surface area contributed by atoms with Crippen molar-refractivity contribution in [2.75, 3.05) is 13.7 Å². The molecule has 3 N–H and O–H groups in total. The van der Waals surface area contributed by atoms with Gasteiger partial charge in [-0.15, -0.1) is 0 Å². The van der Waals surface area contributed by atoms with Crippen LogP contribution in [-0.4, -0.2) is 42.6 Å². The van der Waals surface area contributed by atoms with E-state index in [1.165, 1.54) is 0 Å². The molecule has 0 unspecified atom stereocenters. The molecule has 0 aromatic heterocycles. The Balaban J connectivity index is 1.96. The molecule has 2 amide bonds. The Labute approximate surface area is 153 Å². The van der Waals surface area contributed by atoms with Gasteiger partial charge in [0.15, 0.2) is 0 Å². The number of rotatable bonds is 9. The number of aliphatic carboxylic acids is 1. The number of para-hydroxylation sites is 1. The van der Waals surface area contributed by atoms with Crippen molar-refractivity contribution in [1.29, 1.82) is 0 Å². The van der Waals surface area contributed by atoms with Crippen LogP contribution in [0.1, 0.15) is 38.7 Å². The average molecular weight is 362 g/mol. The first kappa shape index (κ1) is 19.8. The zero-order chi connectivity index (χ0) is 19.3. The van der Waals surface area contributed by atoms with Crippen molar-refractivity contribution in [1.82, 2.24) is 10.6 Å². The molecule has 1 fully saturated rings. The van der Waals surface area contributed by atoms with Crippen LogP contribution in [0.25, 0.3) is 0 Å². The van der Waals surface area contributed by atoms with Crippen molar-refractivity contribution >= 4 is 17.8 Å². The van der Waals surface area contributed by atoms with Gasteiger partial charge in [-0.25, -0.2) is 4.79 Å². The van der Waals surface area contributed by atoms with E-state index in [0.29, 0.717) is 25.0 Å². The van der Waals surface area contributed by atoms with Gasteiger partial charge < -0.3 is 20.5 Å². The molecule has 0 spiro atoms. The second-order valence-electron chi connectivity index (χ2n) is 7.05. The number of hydrogen-bond acceptors (Lipinski definition) is 4. The van der Waals surface area contributed by atoms with E-state index in [4.69, 9.17) is 4.74 Å². The maximum Gasteiger partial charge on any atom is 0.326 e. The SMILES string of the molecule is COc1ccccc1C1(C(=O)NCC(=O)N[C@@H](CC(C)C)C(=O)O)CC1. The molecule has 26 heavy (non-hydrogen) atoms. The van der Waals surface area contributed by atoms with Crippen LogP contribution in [0.3, 0.4) is 0 Å². The Hall–Kier alpha value is -2.57. The van der Waals surface area contributed by atoms with Crippen LogP contribution in [0.15, 0.2) is 24.3 Å². The van der Waals surface area contributed by atoms with Crippen LogP contribution in [0.2, 0.25) is 0 Å². The number of ether oxygens (including phenoxy) is 1. The van der Waals surface area contributed by atoms with Gasteiger partial charge in [0.25, 0.3) is 0 Å². The number of methoxy groups -OCH3 is 1. The summed E-state index contributed by atoms with van der Waals surface area (Å²) in [6, 6.07) is 6.39. The van der Waals surface area contributed by atoms with Crippen LogP contribution in [0, 0.1) is 5.92 Å². The molecule has 7 heteroatoms. The fraction of sp³-hybridized carbons (Fsp3) is 0.526. The molecule has 7 nitrogen and oxygen atoms in total. The molecule has 1 aliphatic carbocycles. The summed E-state index contributed by atoms with van der Waals surface area (Å²) in [4.78, 5) is 35.9. The van der Waals surface area contributed by atoms with Gasteiger partial charge in [0.2, 0.25) is 11.8 Å². The summed E-state index contributed by atoms with van der Waals surface area (Å²) in [6.07, 6.45) is 1.71. The zero-order valence-corrected chi connectivity index (χ0v) is 15.4. The lowest BCUT2D eigenvalue weighted by Crippen LogP contribution is -2.47. The number of benzene rings is 1. The van der Waals surface area contributed by atoms with E-state index in [-0.39, 0.29) is 18.4 Å². The normalized spacial score (nSPS) is 15.8. The Morgan fingerprint density at radius 1 is 1.23 bits per heavy atom. The smallest absolute Gasteiger partial charge is 0.326 e. The van der Waals surface area contributed by atoms with Crippen LogP contribution in [0.4, 0.5) is 0 Å². The number of carboxylic acid groups (broad SMARTS) is 1. The van der Waals surface area contributed by atoms with Crippen LogP contribution < -0.4 is 15.4 Å². The van der Waals surface area contributed by atoms with Crippen molar-refractivity contribution in [2.24, 2.45) is 5.92 Å². The summed E-state index contributed by atoms with van der Waals surface area (Å²) in [7, 11) is 1.56. The molecule has 0 heterocycles. The minimum Gasteiger partial charge on any atom is -0.496 e. The van der Waals surface area contributed by atoms with E-state index < -0.39 is 23.3 Å². The Morgan fingerprint density at radius 2 is 1.88 bits per heavy atom. The monoisotopic (exact) mass is 362 g/mol. The lowest BCUT2D eigenvalue weighted by Gasteiger charge is -2.19. The predicted molar refractivity (Wildman–Crippen MR) is 95.9 cm³/mol. The van der Waals surface area contributed by atoms with Crippen molar-refractivity contribution in [2.45, 2.75) is 44.6 Å². The molecule has 0 radical (unpaired) electrons. The van der Waals surface area contributed by atoms with Gasteiger partial charge in [-0.05, 0) is 31.2 Å². The fourth-order valence-electron chi connectivity index (χ4n) is 3.05. The third-order valence-electron chi connectivity index (χ3n) is 4.56. The molecular weight excluding hydrogens is 336 g/mol. The lowest BCUT2D eigenvalue weighted by atomic mass is 9.94. The minimum absolute atomic E-state index is 0.131. The lowest BCUT2D eigenvalue weighted by molar-refractivity contribution is -0.142. The van der Waals surface area contributed by atoms with E-state index >= 15 is 0 Å². The number of carbonyl (C=O) groups is 3. The maximum atomic E-state index is 12.6. The first-order valence-electron chi connectivity index (χ1n) is 8.74. The molecule has 0 saturated heterocycles. The van der Waals surface area contributed by atoms with Crippen LogP contribution >= 0.6 is 0 Å². The molecule has 2 rings (SSSR count). The zero-order valence-electron chi connectivity index (χ0n) is 15.4. The molecule has 0 bridgehead atoms. The van der Waals surface area contributed by atoms with Gasteiger partial charge in [0.1, 0.15) is 11.8 Å². The van der Waals surface area contributed by atoms with Gasteiger partial charge in [-0.3, -0.25) is 9.59 Å². The maximum absolute atomic E-state index is 12.6. The third kappa shape index (κ3) is 4.53. The number of amides is 2. The highest BCUT2D eigenvalue weighted by atomic mass is 16.5. The van der Waals surface area contributed by atoms with Gasteiger partial charge in [-0.1, -0.05) is 32.0 Å². The Kier molecular flexibility index (Phi) is 6.23. The molecule has 0 aliphatic heterocycles. The fourth-order valence-corrected chi connectivity index (χ4v) is 3.05. The molecule has 1 aromatic carbocycles. The molecular formula is C19H26N2O5. The van der Waals surface area contributed by atoms with E-state index in [2.05, 4.69) is 10.6 Å². The van der Waals surface area contributed by atoms with Crippen molar-refractivity contribution in [3.63, 3.8) is 0 Å². The van der Waals surface area contributed by atoms with Gasteiger partial charge in [-0.2, -0.15) is 0 Å². The summed E-state index contributed by atoms with van der Waals surface area (Å²) in [5.41, 5.74) is 0.139. The highest BCUT2D eigenvalue weighted by Gasteiger charge is 2.52. The van der Waals surface area contributed by atoms with E-state index in [1.807, 2.05) is 32.0 Å². The first-order valence-corrected chi connectivity index (χ1v) is 8.74. The molecule has 1 atom stereocenters. The summed E-state index contributed by atoms with van der Waals surface area (Å²) in [6.45, 7) is 3.51. The van der Waals surface area contributed by atoms with Gasteiger partial charge in [0.05, 0.1) is 19.1 Å². The average Bonchev–Trinajstić information content (AvgIpc) is 3.40. The largest absolute Gasteiger partial charge is 0.496 e.